The summed E-state index contributed by atoms with van der Waals surface area (Å²) in [6.07, 6.45) is 13.9. The molecule has 0 spiro atoms. The van der Waals surface area contributed by atoms with Gasteiger partial charge in [0, 0.05) is 0 Å². The maximum Gasteiger partial charge on any atom is 0.108 e. The van der Waals surface area contributed by atoms with E-state index in [9.17, 15) is 0 Å². The standard InChI is InChI=1S/C6H8O.C3H8.C2H2/c1-3-4-5-6(2)7;1-3-2;1-2/h3-5,7H,1-2H2;3H2,1-2H3;1-2H/b5-4-;;. The van der Waals surface area contributed by atoms with Gasteiger partial charge in [0.2, 0.25) is 0 Å². The minimum absolute atomic E-state index is 0.0555. The molecule has 68 valence electrons. The van der Waals surface area contributed by atoms with E-state index in [2.05, 4.69) is 39.9 Å². The highest BCUT2D eigenvalue weighted by molar-refractivity contribution is 5.10. The molecule has 0 aromatic heterocycles. The predicted octanol–water partition coefficient (Wildman–Crippen LogP) is 3.47. The molecule has 0 aliphatic rings. The lowest BCUT2D eigenvalue weighted by Gasteiger charge is -1.77. The highest BCUT2D eigenvalue weighted by Crippen LogP contribution is 1.82. The Hall–Kier alpha value is -1.42. The van der Waals surface area contributed by atoms with Gasteiger partial charge in [-0.1, -0.05) is 45.6 Å². The van der Waals surface area contributed by atoms with Gasteiger partial charge in [0.25, 0.3) is 0 Å². The van der Waals surface area contributed by atoms with Crippen LogP contribution in [0.4, 0.5) is 0 Å². The van der Waals surface area contributed by atoms with E-state index in [1.54, 1.807) is 12.2 Å². The highest BCUT2D eigenvalue weighted by Gasteiger charge is 1.68. The smallest absolute Gasteiger partial charge is 0.108 e. The average molecular weight is 166 g/mol. The summed E-state index contributed by atoms with van der Waals surface area (Å²) >= 11 is 0. The summed E-state index contributed by atoms with van der Waals surface area (Å²) in [5.74, 6) is 0.0555. The zero-order valence-corrected chi connectivity index (χ0v) is 7.96. The van der Waals surface area contributed by atoms with Crippen molar-refractivity contribution in [1.82, 2.24) is 0 Å². The Bertz CT molecular complexity index is 140. The second-order valence-electron chi connectivity index (χ2n) is 1.79. The summed E-state index contributed by atoms with van der Waals surface area (Å²) in [5, 5.41) is 8.35. The summed E-state index contributed by atoms with van der Waals surface area (Å²) in [6, 6.07) is 0. The molecule has 0 saturated carbocycles. The molecule has 0 fully saturated rings. The van der Waals surface area contributed by atoms with Gasteiger partial charge in [-0.05, 0) is 6.08 Å². The fourth-order valence-corrected chi connectivity index (χ4v) is 0.179. The van der Waals surface area contributed by atoms with Gasteiger partial charge in [0.05, 0.1) is 0 Å². The summed E-state index contributed by atoms with van der Waals surface area (Å²) in [6.45, 7) is 10.9. The molecule has 0 aliphatic heterocycles. The molecular formula is C11H18O. The van der Waals surface area contributed by atoms with Gasteiger partial charge in [-0.15, -0.1) is 12.8 Å². The lowest BCUT2D eigenvalue weighted by Crippen LogP contribution is -1.62. The van der Waals surface area contributed by atoms with Gasteiger partial charge >= 0.3 is 0 Å². The zero-order valence-electron chi connectivity index (χ0n) is 7.96. The Morgan fingerprint density at radius 3 is 1.83 bits per heavy atom. The van der Waals surface area contributed by atoms with Crippen molar-refractivity contribution in [2.24, 2.45) is 0 Å². The number of aliphatic hydroxyl groups excluding tert-OH is 1. The molecule has 0 amide bonds. The van der Waals surface area contributed by atoms with Crippen LogP contribution in [0.5, 0.6) is 0 Å². The van der Waals surface area contributed by atoms with Crippen molar-refractivity contribution in [2.45, 2.75) is 20.3 Å². The van der Waals surface area contributed by atoms with Crippen LogP contribution in [0.15, 0.2) is 37.1 Å². The first-order chi connectivity index (χ1) is 5.68. The van der Waals surface area contributed by atoms with Gasteiger partial charge in [-0.3, -0.25) is 0 Å². The average Bonchev–Trinajstić information content (AvgIpc) is 2.06. The molecule has 0 radical (unpaired) electrons. The molecule has 0 bridgehead atoms. The first-order valence-corrected chi connectivity index (χ1v) is 3.69. The quantitative estimate of drug-likeness (QED) is 0.378. The molecule has 12 heavy (non-hydrogen) atoms. The fourth-order valence-electron chi connectivity index (χ4n) is 0.179. The third-order valence-electron chi connectivity index (χ3n) is 0.425. The van der Waals surface area contributed by atoms with Gasteiger partial charge in [-0.25, -0.2) is 0 Å². The Kier molecular flexibility index (Phi) is 31.9. The van der Waals surface area contributed by atoms with Crippen LogP contribution >= 0.6 is 0 Å². The Labute approximate surface area is 76.1 Å². The maximum atomic E-state index is 8.35. The summed E-state index contributed by atoms with van der Waals surface area (Å²) in [5.41, 5.74) is 0. The molecule has 0 aromatic carbocycles. The third kappa shape index (κ3) is 74.1. The van der Waals surface area contributed by atoms with Crippen molar-refractivity contribution < 1.29 is 5.11 Å². The van der Waals surface area contributed by atoms with E-state index in [4.69, 9.17) is 5.11 Å². The minimum Gasteiger partial charge on any atom is -0.509 e. The van der Waals surface area contributed by atoms with Gasteiger partial charge in [0.15, 0.2) is 0 Å². The van der Waals surface area contributed by atoms with Crippen molar-refractivity contribution >= 4 is 0 Å². The van der Waals surface area contributed by atoms with E-state index in [0.29, 0.717) is 0 Å². The summed E-state index contributed by atoms with van der Waals surface area (Å²) in [4.78, 5) is 0. The second kappa shape index (κ2) is 22.7. The van der Waals surface area contributed by atoms with Gasteiger partial charge in [-0.2, -0.15) is 0 Å². The van der Waals surface area contributed by atoms with Crippen molar-refractivity contribution in [2.75, 3.05) is 0 Å². The molecule has 0 atom stereocenters. The summed E-state index contributed by atoms with van der Waals surface area (Å²) < 4.78 is 0. The van der Waals surface area contributed by atoms with E-state index in [0.717, 1.165) is 0 Å². The van der Waals surface area contributed by atoms with Crippen molar-refractivity contribution in [3.05, 3.63) is 37.1 Å². The molecule has 0 rings (SSSR count). The zero-order chi connectivity index (χ0) is 10.4. The molecular weight excluding hydrogens is 148 g/mol. The predicted molar refractivity (Wildman–Crippen MR) is 57.0 cm³/mol. The van der Waals surface area contributed by atoms with Crippen molar-refractivity contribution in [3.8, 4) is 12.8 Å². The van der Waals surface area contributed by atoms with Crippen LogP contribution in [0.3, 0.4) is 0 Å². The normalized spacial score (nSPS) is 7.00. The highest BCUT2D eigenvalue weighted by atomic mass is 16.3. The third-order valence-corrected chi connectivity index (χ3v) is 0.425. The number of hydrogen-bond donors (Lipinski definition) is 1. The molecule has 1 N–H and O–H groups in total. The Morgan fingerprint density at radius 1 is 1.42 bits per heavy atom. The van der Waals surface area contributed by atoms with Crippen LogP contribution < -0.4 is 0 Å². The van der Waals surface area contributed by atoms with Crippen LogP contribution in [0.2, 0.25) is 0 Å². The number of hydrogen-bond acceptors (Lipinski definition) is 1. The van der Waals surface area contributed by atoms with Gasteiger partial charge in [0.1, 0.15) is 5.76 Å². The monoisotopic (exact) mass is 166 g/mol. The van der Waals surface area contributed by atoms with E-state index in [-0.39, 0.29) is 5.76 Å². The van der Waals surface area contributed by atoms with E-state index in [1.807, 2.05) is 0 Å². The first-order valence-electron chi connectivity index (χ1n) is 3.69. The molecule has 0 heterocycles. The largest absolute Gasteiger partial charge is 0.509 e. The molecule has 0 aromatic rings. The topological polar surface area (TPSA) is 20.2 Å². The number of rotatable bonds is 2. The number of allylic oxidation sites excluding steroid dienone is 3. The first kappa shape index (κ1) is 16.9. The van der Waals surface area contributed by atoms with E-state index < -0.39 is 0 Å². The van der Waals surface area contributed by atoms with E-state index in [1.165, 1.54) is 12.5 Å². The molecule has 0 unspecified atom stereocenters. The van der Waals surface area contributed by atoms with Crippen molar-refractivity contribution in [3.63, 3.8) is 0 Å². The van der Waals surface area contributed by atoms with Crippen LogP contribution in [-0.4, -0.2) is 5.11 Å². The molecule has 1 nitrogen and oxygen atoms in total. The minimum atomic E-state index is 0.0555. The molecule has 0 aliphatic carbocycles. The molecule has 0 saturated heterocycles. The van der Waals surface area contributed by atoms with Crippen LogP contribution in [-0.2, 0) is 0 Å². The lowest BCUT2D eigenvalue weighted by molar-refractivity contribution is 0.435. The maximum absolute atomic E-state index is 8.35. The SMILES string of the molecule is C#C.C=C/C=C\C(=C)O.CCC. The lowest BCUT2D eigenvalue weighted by atomic mass is 10.4. The second-order valence-corrected chi connectivity index (χ2v) is 1.79. The van der Waals surface area contributed by atoms with E-state index >= 15 is 0 Å². The van der Waals surface area contributed by atoms with Crippen molar-refractivity contribution in [1.29, 1.82) is 0 Å². The number of aliphatic hydroxyl groups is 1. The fraction of sp³-hybridized carbons (Fsp3) is 0.273. The van der Waals surface area contributed by atoms with Crippen LogP contribution in [0.1, 0.15) is 20.3 Å². The van der Waals surface area contributed by atoms with Crippen LogP contribution in [0, 0.1) is 12.8 Å². The Balaban J connectivity index is -0.000000137. The molecule has 1 heteroatoms. The summed E-state index contributed by atoms with van der Waals surface area (Å²) in [7, 11) is 0. The van der Waals surface area contributed by atoms with Gasteiger partial charge < -0.3 is 5.11 Å². The van der Waals surface area contributed by atoms with Crippen LogP contribution in [0.25, 0.3) is 0 Å². The number of terminal acetylenes is 1. The Morgan fingerprint density at radius 2 is 1.75 bits per heavy atom.